The van der Waals surface area contributed by atoms with Crippen molar-refractivity contribution in [2.75, 3.05) is 7.11 Å². The molecule has 0 aliphatic carbocycles. The molecule has 7 heteroatoms. The molecule has 2 aromatic heterocycles. The fraction of sp³-hybridized carbons (Fsp3) is 0.238. The molecule has 1 N–H and O–H groups in total. The van der Waals surface area contributed by atoms with Crippen molar-refractivity contribution in [2.45, 2.75) is 25.9 Å². The Kier molecular flexibility index (Phi) is 6.51. The second kappa shape index (κ2) is 9.45. The van der Waals surface area contributed by atoms with Gasteiger partial charge in [0.15, 0.2) is 0 Å². The smallest absolute Gasteiger partial charge is 0.266 e. The predicted octanol–water partition coefficient (Wildman–Crippen LogP) is 2.41. The van der Waals surface area contributed by atoms with Gasteiger partial charge < -0.3 is 10.1 Å². The lowest BCUT2D eigenvalue weighted by atomic mass is 10.1. The first-order valence-corrected chi connectivity index (χ1v) is 9.04. The van der Waals surface area contributed by atoms with Gasteiger partial charge in [0.05, 0.1) is 12.8 Å². The minimum atomic E-state index is -0.191. The fourth-order valence-corrected chi connectivity index (χ4v) is 2.72. The van der Waals surface area contributed by atoms with Crippen molar-refractivity contribution in [3.8, 4) is 17.0 Å². The van der Waals surface area contributed by atoms with Crippen LogP contribution in [0.2, 0.25) is 0 Å². The van der Waals surface area contributed by atoms with Gasteiger partial charge in [0.2, 0.25) is 5.91 Å². The van der Waals surface area contributed by atoms with Crippen LogP contribution in [0, 0.1) is 0 Å². The van der Waals surface area contributed by atoms with E-state index >= 15 is 0 Å². The highest BCUT2D eigenvalue weighted by Crippen LogP contribution is 2.21. The largest absolute Gasteiger partial charge is 0.497 e. The minimum Gasteiger partial charge on any atom is -0.497 e. The molecule has 3 aromatic rings. The molecule has 0 aliphatic rings. The first kappa shape index (κ1) is 19.3. The van der Waals surface area contributed by atoms with E-state index in [9.17, 15) is 9.59 Å². The van der Waals surface area contributed by atoms with Crippen LogP contribution >= 0.6 is 0 Å². The molecule has 0 saturated heterocycles. The highest BCUT2D eigenvalue weighted by atomic mass is 16.5. The number of benzene rings is 1. The van der Waals surface area contributed by atoms with E-state index in [0.29, 0.717) is 31.6 Å². The van der Waals surface area contributed by atoms with Crippen molar-refractivity contribution in [2.24, 2.45) is 0 Å². The van der Waals surface area contributed by atoms with Crippen LogP contribution in [0.4, 0.5) is 0 Å². The van der Waals surface area contributed by atoms with Gasteiger partial charge >= 0.3 is 0 Å². The average molecular weight is 378 g/mol. The van der Waals surface area contributed by atoms with Gasteiger partial charge in [-0.2, -0.15) is 5.10 Å². The van der Waals surface area contributed by atoms with Crippen LogP contribution in [0.5, 0.6) is 5.75 Å². The van der Waals surface area contributed by atoms with E-state index in [4.69, 9.17) is 4.74 Å². The highest BCUT2D eigenvalue weighted by molar-refractivity contribution is 5.75. The van der Waals surface area contributed by atoms with E-state index in [0.717, 1.165) is 16.9 Å². The van der Waals surface area contributed by atoms with Crippen molar-refractivity contribution in [1.29, 1.82) is 0 Å². The van der Waals surface area contributed by atoms with Gasteiger partial charge in [-0.25, -0.2) is 4.68 Å². The van der Waals surface area contributed by atoms with E-state index < -0.39 is 0 Å². The minimum absolute atomic E-state index is 0.0613. The fourth-order valence-electron chi connectivity index (χ4n) is 2.72. The molecule has 0 radical (unpaired) electrons. The molecule has 2 heterocycles. The second-order valence-corrected chi connectivity index (χ2v) is 6.25. The number of hydrogen-bond donors (Lipinski definition) is 1. The summed E-state index contributed by atoms with van der Waals surface area (Å²) in [6.45, 7) is 0.837. The molecule has 0 bridgehead atoms. The van der Waals surface area contributed by atoms with Crippen LogP contribution in [-0.4, -0.2) is 27.8 Å². The highest BCUT2D eigenvalue weighted by Gasteiger charge is 2.06. The SMILES string of the molecule is COc1cccc(-c2ccc(=O)n(CCCC(=O)NCc3ccncc3)n2)c1. The molecule has 28 heavy (non-hydrogen) atoms. The molecule has 0 unspecified atom stereocenters. The molecular weight excluding hydrogens is 356 g/mol. The van der Waals surface area contributed by atoms with Gasteiger partial charge in [-0.15, -0.1) is 0 Å². The van der Waals surface area contributed by atoms with Gasteiger partial charge in [0, 0.05) is 43.5 Å². The number of nitrogens with one attached hydrogen (secondary N) is 1. The number of hydrogen-bond acceptors (Lipinski definition) is 5. The van der Waals surface area contributed by atoms with E-state index in [1.807, 2.05) is 36.4 Å². The summed E-state index contributed by atoms with van der Waals surface area (Å²) in [6.07, 6.45) is 4.23. The lowest BCUT2D eigenvalue weighted by Gasteiger charge is -2.09. The summed E-state index contributed by atoms with van der Waals surface area (Å²) in [6, 6.07) is 14.4. The predicted molar refractivity (Wildman–Crippen MR) is 106 cm³/mol. The molecule has 0 fully saturated rings. The van der Waals surface area contributed by atoms with Crippen molar-refractivity contribution < 1.29 is 9.53 Å². The third kappa shape index (κ3) is 5.26. The van der Waals surface area contributed by atoms with Crippen molar-refractivity contribution in [3.63, 3.8) is 0 Å². The monoisotopic (exact) mass is 378 g/mol. The summed E-state index contributed by atoms with van der Waals surface area (Å²) in [5.74, 6) is 0.664. The van der Waals surface area contributed by atoms with Crippen LogP contribution < -0.4 is 15.6 Å². The first-order chi connectivity index (χ1) is 13.7. The summed E-state index contributed by atoms with van der Waals surface area (Å²) in [4.78, 5) is 28.0. The normalized spacial score (nSPS) is 10.5. The number of ether oxygens (including phenoxy) is 1. The number of amides is 1. The van der Waals surface area contributed by atoms with Gasteiger partial charge in [0.25, 0.3) is 5.56 Å². The topological polar surface area (TPSA) is 86.1 Å². The van der Waals surface area contributed by atoms with E-state index in [2.05, 4.69) is 15.4 Å². The standard InChI is InChI=1S/C21H22N4O3/c1-28-18-5-2-4-17(14-18)19-7-8-21(27)25(24-19)13-3-6-20(26)23-15-16-9-11-22-12-10-16/h2,4-5,7-12,14H,3,6,13,15H2,1H3,(H,23,26). The van der Waals surface area contributed by atoms with Crippen LogP contribution in [0.15, 0.2) is 65.7 Å². The zero-order valence-electron chi connectivity index (χ0n) is 15.7. The maximum absolute atomic E-state index is 12.1. The third-order valence-electron chi connectivity index (χ3n) is 4.24. The Hall–Kier alpha value is -3.48. The van der Waals surface area contributed by atoms with Gasteiger partial charge in [-0.1, -0.05) is 12.1 Å². The molecule has 0 spiro atoms. The number of carbonyl (C=O) groups excluding carboxylic acids is 1. The quantitative estimate of drug-likeness (QED) is 0.651. The van der Waals surface area contributed by atoms with Crippen molar-refractivity contribution in [3.05, 3.63) is 76.8 Å². The lowest BCUT2D eigenvalue weighted by molar-refractivity contribution is -0.121. The Bertz CT molecular complexity index is 986. The summed E-state index contributed by atoms with van der Waals surface area (Å²) in [7, 11) is 1.60. The molecule has 7 nitrogen and oxygen atoms in total. The van der Waals surface area contributed by atoms with Gasteiger partial charge in [0.1, 0.15) is 5.75 Å². The number of rotatable bonds is 8. The Morgan fingerprint density at radius 2 is 1.96 bits per heavy atom. The van der Waals surface area contributed by atoms with Crippen LogP contribution in [0.1, 0.15) is 18.4 Å². The molecule has 0 saturated carbocycles. The Morgan fingerprint density at radius 1 is 1.14 bits per heavy atom. The number of aryl methyl sites for hydroxylation is 1. The summed E-state index contributed by atoms with van der Waals surface area (Å²) < 4.78 is 6.63. The van der Waals surface area contributed by atoms with E-state index in [-0.39, 0.29) is 11.5 Å². The summed E-state index contributed by atoms with van der Waals surface area (Å²) >= 11 is 0. The summed E-state index contributed by atoms with van der Waals surface area (Å²) in [5.41, 5.74) is 2.35. The maximum atomic E-state index is 12.1. The number of aromatic nitrogens is 3. The first-order valence-electron chi connectivity index (χ1n) is 9.04. The van der Waals surface area contributed by atoms with Crippen molar-refractivity contribution in [1.82, 2.24) is 20.1 Å². The van der Waals surface area contributed by atoms with E-state index in [1.165, 1.54) is 10.7 Å². The van der Waals surface area contributed by atoms with Gasteiger partial charge in [-0.05, 0) is 42.3 Å². The Balaban J connectivity index is 1.56. The average Bonchev–Trinajstić information content (AvgIpc) is 2.74. The molecule has 1 aromatic carbocycles. The van der Waals surface area contributed by atoms with E-state index in [1.54, 1.807) is 25.6 Å². The van der Waals surface area contributed by atoms with Crippen LogP contribution in [0.3, 0.4) is 0 Å². The Morgan fingerprint density at radius 3 is 2.75 bits per heavy atom. The second-order valence-electron chi connectivity index (χ2n) is 6.25. The Labute approximate surface area is 163 Å². The van der Waals surface area contributed by atoms with Crippen molar-refractivity contribution >= 4 is 5.91 Å². The molecule has 0 atom stereocenters. The zero-order valence-corrected chi connectivity index (χ0v) is 15.7. The van der Waals surface area contributed by atoms with Crippen LogP contribution in [-0.2, 0) is 17.9 Å². The lowest BCUT2D eigenvalue weighted by Crippen LogP contribution is -2.25. The number of methoxy groups -OCH3 is 1. The molecule has 144 valence electrons. The molecular formula is C21H22N4O3. The van der Waals surface area contributed by atoms with Gasteiger partial charge in [-0.3, -0.25) is 14.6 Å². The maximum Gasteiger partial charge on any atom is 0.266 e. The third-order valence-corrected chi connectivity index (χ3v) is 4.24. The number of carbonyl (C=O) groups is 1. The number of pyridine rings is 1. The summed E-state index contributed by atoms with van der Waals surface area (Å²) in [5, 5.41) is 7.28. The van der Waals surface area contributed by atoms with Crippen LogP contribution in [0.25, 0.3) is 11.3 Å². The molecule has 1 amide bonds. The molecule has 0 aliphatic heterocycles. The number of nitrogens with zero attached hydrogens (tertiary/aromatic N) is 3. The molecule has 3 rings (SSSR count). The zero-order chi connectivity index (χ0) is 19.8.